The van der Waals surface area contributed by atoms with E-state index < -0.39 is 5.91 Å². The quantitative estimate of drug-likeness (QED) is 0.647. The Morgan fingerprint density at radius 1 is 1.28 bits per heavy atom. The highest BCUT2D eigenvalue weighted by Crippen LogP contribution is 2.23. The number of carbonyl (C=O) groups excluding carboxylic acids is 2. The first-order chi connectivity index (χ1) is 11.8. The molecule has 2 aromatic rings. The number of imidazole rings is 1. The minimum Gasteiger partial charge on any atom is -0.390 e. The number of nitrogens with zero attached hydrogens (tertiary/aromatic N) is 2. The number of aromatic nitrogens is 2. The van der Waals surface area contributed by atoms with E-state index in [1.54, 1.807) is 0 Å². The molecule has 25 heavy (non-hydrogen) atoms. The molecule has 0 aliphatic rings. The largest absolute Gasteiger partial charge is 0.390 e. The smallest absolute Gasteiger partial charge is 0.237 e. The maximum Gasteiger partial charge on any atom is 0.237 e. The maximum absolute atomic E-state index is 12.3. The van der Waals surface area contributed by atoms with Crippen LogP contribution in [0.15, 0.2) is 23.5 Å². The summed E-state index contributed by atoms with van der Waals surface area (Å²) in [6.07, 6.45) is 1.47. The van der Waals surface area contributed by atoms with Crippen LogP contribution in [0.3, 0.4) is 0 Å². The zero-order valence-electron chi connectivity index (χ0n) is 14.5. The molecule has 1 aromatic heterocycles. The van der Waals surface area contributed by atoms with Crippen molar-refractivity contribution in [3.63, 3.8) is 0 Å². The number of thioether (sulfide) groups is 1. The van der Waals surface area contributed by atoms with E-state index in [0.717, 1.165) is 22.4 Å². The van der Waals surface area contributed by atoms with Gasteiger partial charge in [-0.25, -0.2) is 4.98 Å². The Morgan fingerprint density at radius 2 is 1.92 bits per heavy atom. The molecule has 0 saturated heterocycles. The molecule has 0 spiro atoms. The minimum atomic E-state index is -0.537. The van der Waals surface area contributed by atoms with Gasteiger partial charge >= 0.3 is 0 Å². The van der Waals surface area contributed by atoms with Crippen LogP contribution in [-0.4, -0.2) is 32.2 Å². The van der Waals surface area contributed by atoms with Crippen molar-refractivity contribution < 1.29 is 14.7 Å². The molecule has 0 radical (unpaired) electrons. The standard InChI is InChI=1S/C17H22N4O3S/c1-10-4-11(2)16(12(3)5-10)20-15(24)9-25-17-19-6-13(8-22)21(17)7-14(18)23/h4-6,22H,7-9H2,1-3H3,(H2,18,23)(H,20,24). The number of hydrogen-bond acceptors (Lipinski definition) is 5. The van der Waals surface area contributed by atoms with Gasteiger partial charge in [-0.05, 0) is 31.9 Å². The van der Waals surface area contributed by atoms with Gasteiger partial charge in [-0.2, -0.15) is 0 Å². The number of anilines is 1. The second kappa shape index (κ2) is 8.17. The van der Waals surface area contributed by atoms with Gasteiger partial charge in [-0.15, -0.1) is 0 Å². The van der Waals surface area contributed by atoms with Crippen LogP contribution in [0.25, 0.3) is 0 Å². The van der Waals surface area contributed by atoms with E-state index in [2.05, 4.69) is 10.3 Å². The van der Waals surface area contributed by atoms with Crippen LogP contribution in [0.5, 0.6) is 0 Å². The van der Waals surface area contributed by atoms with E-state index in [1.807, 2.05) is 32.9 Å². The first-order valence-electron chi connectivity index (χ1n) is 7.76. The second-order valence-corrected chi connectivity index (χ2v) is 6.80. The number of aliphatic hydroxyl groups excluding tert-OH is 1. The maximum atomic E-state index is 12.3. The zero-order chi connectivity index (χ0) is 18.6. The normalized spacial score (nSPS) is 10.7. The van der Waals surface area contributed by atoms with E-state index in [4.69, 9.17) is 5.73 Å². The van der Waals surface area contributed by atoms with Crippen LogP contribution in [0, 0.1) is 20.8 Å². The van der Waals surface area contributed by atoms with E-state index in [0.29, 0.717) is 10.9 Å². The summed E-state index contributed by atoms with van der Waals surface area (Å²) >= 11 is 1.19. The summed E-state index contributed by atoms with van der Waals surface area (Å²) in [5.41, 5.74) is 9.68. The molecule has 0 fully saturated rings. The van der Waals surface area contributed by atoms with Crippen molar-refractivity contribution >= 4 is 29.3 Å². The predicted molar refractivity (Wildman–Crippen MR) is 97.4 cm³/mol. The Labute approximate surface area is 150 Å². The number of nitrogens with two attached hydrogens (primary N) is 1. The fourth-order valence-electron chi connectivity index (χ4n) is 2.64. The van der Waals surface area contributed by atoms with Gasteiger partial charge in [0.15, 0.2) is 5.16 Å². The lowest BCUT2D eigenvalue weighted by atomic mass is 10.1. The SMILES string of the molecule is Cc1cc(C)c(NC(=O)CSc2ncc(CO)n2CC(N)=O)c(C)c1. The number of amides is 2. The van der Waals surface area contributed by atoms with Gasteiger partial charge in [0.05, 0.1) is 24.3 Å². The first kappa shape index (κ1) is 19.0. The van der Waals surface area contributed by atoms with Crippen LogP contribution >= 0.6 is 11.8 Å². The monoisotopic (exact) mass is 362 g/mol. The van der Waals surface area contributed by atoms with E-state index in [9.17, 15) is 14.7 Å². The van der Waals surface area contributed by atoms with Gasteiger partial charge in [0.25, 0.3) is 0 Å². The summed E-state index contributed by atoms with van der Waals surface area (Å²) in [6.45, 7) is 5.58. The van der Waals surface area contributed by atoms with Crippen molar-refractivity contribution in [1.82, 2.24) is 9.55 Å². The molecule has 1 aromatic carbocycles. The fourth-order valence-corrected chi connectivity index (χ4v) is 3.44. The van der Waals surface area contributed by atoms with E-state index >= 15 is 0 Å². The Hall–Kier alpha value is -2.32. The van der Waals surface area contributed by atoms with Gasteiger partial charge in [0.1, 0.15) is 6.54 Å². The van der Waals surface area contributed by atoms with Gasteiger partial charge in [-0.3, -0.25) is 9.59 Å². The molecule has 1 heterocycles. The summed E-state index contributed by atoms with van der Waals surface area (Å²) in [7, 11) is 0. The van der Waals surface area contributed by atoms with E-state index in [1.165, 1.54) is 22.5 Å². The molecule has 2 amide bonds. The molecule has 0 bridgehead atoms. The average molecular weight is 362 g/mol. The zero-order valence-corrected chi connectivity index (χ0v) is 15.3. The van der Waals surface area contributed by atoms with Gasteiger partial charge in [0, 0.05) is 5.69 Å². The number of nitrogens with one attached hydrogen (secondary N) is 1. The molecule has 0 aliphatic heterocycles. The van der Waals surface area contributed by atoms with Gasteiger partial charge in [0.2, 0.25) is 11.8 Å². The van der Waals surface area contributed by atoms with Crippen molar-refractivity contribution in [2.45, 2.75) is 39.1 Å². The van der Waals surface area contributed by atoms with Crippen molar-refractivity contribution in [1.29, 1.82) is 0 Å². The molecule has 0 unspecified atom stereocenters. The summed E-state index contributed by atoms with van der Waals surface area (Å²) < 4.78 is 1.52. The molecular weight excluding hydrogens is 340 g/mol. The molecule has 0 atom stereocenters. The van der Waals surface area contributed by atoms with Crippen molar-refractivity contribution in [3.8, 4) is 0 Å². The number of hydrogen-bond donors (Lipinski definition) is 3. The Balaban J connectivity index is 2.06. The molecule has 8 heteroatoms. The number of carbonyl (C=O) groups is 2. The molecule has 134 valence electrons. The number of benzene rings is 1. The Kier molecular flexibility index (Phi) is 6.22. The average Bonchev–Trinajstić information content (AvgIpc) is 2.90. The lowest BCUT2D eigenvalue weighted by molar-refractivity contribution is -0.118. The third-order valence-electron chi connectivity index (χ3n) is 3.65. The lowest BCUT2D eigenvalue weighted by Gasteiger charge is -2.13. The highest BCUT2D eigenvalue weighted by molar-refractivity contribution is 7.99. The molecule has 0 aliphatic carbocycles. The Morgan fingerprint density at radius 3 is 2.48 bits per heavy atom. The number of rotatable bonds is 7. The first-order valence-corrected chi connectivity index (χ1v) is 8.74. The molecule has 2 rings (SSSR count). The summed E-state index contributed by atoms with van der Waals surface area (Å²) in [4.78, 5) is 27.6. The summed E-state index contributed by atoms with van der Waals surface area (Å²) in [5, 5.41) is 12.7. The molecular formula is C17H22N4O3S. The van der Waals surface area contributed by atoms with E-state index in [-0.39, 0.29) is 24.8 Å². The summed E-state index contributed by atoms with van der Waals surface area (Å²) in [5.74, 6) is -0.572. The highest BCUT2D eigenvalue weighted by atomic mass is 32.2. The third kappa shape index (κ3) is 4.83. The van der Waals surface area contributed by atoms with Crippen LogP contribution in [0.1, 0.15) is 22.4 Å². The minimum absolute atomic E-state index is 0.0873. The second-order valence-electron chi connectivity index (χ2n) is 5.85. The fraction of sp³-hybridized carbons (Fsp3) is 0.353. The Bertz CT molecular complexity index is 778. The number of primary amides is 1. The molecule has 0 saturated carbocycles. The predicted octanol–water partition coefficient (Wildman–Crippen LogP) is 1.52. The van der Waals surface area contributed by atoms with Gasteiger partial charge < -0.3 is 20.7 Å². The van der Waals surface area contributed by atoms with Gasteiger partial charge in [-0.1, -0.05) is 29.5 Å². The van der Waals surface area contributed by atoms with Crippen LogP contribution < -0.4 is 11.1 Å². The summed E-state index contributed by atoms with van der Waals surface area (Å²) in [6, 6.07) is 4.03. The van der Waals surface area contributed by atoms with Crippen molar-refractivity contribution in [2.24, 2.45) is 5.73 Å². The number of aryl methyl sites for hydroxylation is 3. The lowest BCUT2D eigenvalue weighted by Crippen LogP contribution is -2.21. The van der Waals surface area contributed by atoms with Crippen LogP contribution in [-0.2, 0) is 22.7 Å². The third-order valence-corrected chi connectivity index (χ3v) is 4.64. The van der Waals surface area contributed by atoms with Crippen LogP contribution in [0.2, 0.25) is 0 Å². The van der Waals surface area contributed by atoms with Crippen molar-refractivity contribution in [3.05, 3.63) is 40.7 Å². The van der Waals surface area contributed by atoms with Crippen LogP contribution in [0.4, 0.5) is 5.69 Å². The topological polar surface area (TPSA) is 110 Å². The van der Waals surface area contributed by atoms with Crippen molar-refractivity contribution in [2.75, 3.05) is 11.1 Å². The molecule has 7 nitrogen and oxygen atoms in total. The molecule has 4 N–H and O–H groups in total. The highest BCUT2D eigenvalue weighted by Gasteiger charge is 2.14. The number of aliphatic hydroxyl groups is 1.